The van der Waals surface area contributed by atoms with Crippen molar-refractivity contribution in [3.05, 3.63) is 22.4 Å². The minimum atomic E-state index is 1.24. The normalized spacial score (nSPS) is 10.9. The highest BCUT2D eigenvalue weighted by atomic mass is 32.1. The van der Waals surface area contributed by atoms with Gasteiger partial charge in [0.1, 0.15) is 0 Å². The van der Waals surface area contributed by atoms with E-state index >= 15 is 0 Å². The summed E-state index contributed by atoms with van der Waals surface area (Å²) in [6, 6.07) is 2.21. The Morgan fingerprint density at radius 3 is 2.00 bits per heavy atom. The van der Waals surface area contributed by atoms with Crippen molar-refractivity contribution >= 4 is 11.3 Å². The van der Waals surface area contributed by atoms with Gasteiger partial charge in [-0.15, -0.1) is 11.3 Å². The molecule has 1 radical (unpaired) electrons. The second-order valence-corrected chi connectivity index (χ2v) is 5.69. The summed E-state index contributed by atoms with van der Waals surface area (Å²) >= 11 is 1.70. The van der Waals surface area contributed by atoms with Gasteiger partial charge in [-0.25, -0.2) is 0 Å². The number of hydrogen-bond donors (Lipinski definition) is 0. The van der Waals surface area contributed by atoms with E-state index in [1.807, 2.05) is 0 Å². The largest absolute Gasteiger partial charge is 0.143 e. The van der Waals surface area contributed by atoms with Crippen LogP contribution in [0.4, 0.5) is 0 Å². The van der Waals surface area contributed by atoms with E-state index < -0.39 is 0 Å². The summed E-state index contributed by atoms with van der Waals surface area (Å²) in [4.78, 5) is 0. The first-order chi connectivity index (χ1) is 8.43. The van der Waals surface area contributed by atoms with E-state index in [4.69, 9.17) is 0 Å². The van der Waals surface area contributed by atoms with Crippen molar-refractivity contribution in [2.75, 3.05) is 0 Å². The van der Waals surface area contributed by atoms with Crippen LogP contribution >= 0.6 is 11.3 Å². The highest BCUT2D eigenvalue weighted by molar-refractivity contribution is 7.07. The molecule has 0 N–H and O–H groups in total. The van der Waals surface area contributed by atoms with Gasteiger partial charge in [-0.2, -0.15) is 0 Å². The molecule has 0 amide bonds. The Balaban J connectivity index is 1.76. The second kappa shape index (κ2) is 10.8. The number of thiophene rings is 1. The fourth-order valence-electron chi connectivity index (χ4n) is 2.20. The van der Waals surface area contributed by atoms with Crippen LogP contribution in [-0.4, -0.2) is 0 Å². The van der Waals surface area contributed by atoms with Gasteiger partial charge in [-0.3, -0.25) is 0 Å². The monoisotopic (exact) mass is 251 g/mol. The molecule has 17 heavy (non-hydrogen) atoms. The molecule has 1 aromatic rings. The lowest BCUT2D eigenvalue weighted by Gasteiger charge is -2.01. The van der Waals surface area contributed by atoms with Crippen molar-refractivity contribution in [3.8, 4) is 0 Å². The number of rotatable bonds is 11. The van der Waals surface area contributed by atoms with Gasteiger partial charge in [0.05, 0.1) is 0 Å². The van der Waals surface area contributed by atoms with Crippen LogP contribution in [0, 0.1) is 5.38 Å². The zero-order valence-electron chi connectivity index (χ0n) is 11.3. The summed E-state index contributed by atoms with van der Waals surface area (Å²) in [7, 11) is 0. The smallest absolute Gasteiger partial charge is 0.0477 e. The van der Waals surface area contributed by atoms with Gasteiger partial charge in [-0.1, -0.05) is 64.7 Å². The quantitative estimate of drug-likeness (QED) is 0.422. The third-order valence-corrected chi connectivity index (χ3v) is 3.98. The predicted octanol–water partition coefficient (Wildman–Crippen LogP) is 6.01. The van der Waals surface area contributed by atoms with E-state index in [2.05, 4.69) is 23.8 Å². The molecular weight excluding hydrogens is 224 g/mol. The SMILES string of the molecule is CCCCCCCCCCCCc1[c]scc1. The molecule has 0 aliphatic heterocycles. The molecule has 0 atom stereocenters. The molecule has 0 spiro atoms. The molecule has 1 rings (SSSR count). The minimum Gasteiger partial charge on any atom is -0.143 e. The Bertz CT molecular complexity index is 238. The third kappa shape index (κ3) is 8.43. The van der Waals surface area contributed by atoms with Gasteiger partial charge >= 0.3 is 0 Å². The first kappa shape index (κ1) is 14.8. The van der Waals surface area contributed by atoms with Crippen LogP contribution in [0.2, 0.25) is 0 Å². The fourth-order valence-corrected chi connectivity index (χ4v) is 2.82. The number of hydrogen-bond acceptors (Lipinski definition) is 1. The summed E-state index contributed by atoms with van der Waals surface area (Å²) in [5.41, 5.74) is 1.41. The molecule has 0 saturated heterocycles. The van der Waals surface area contributed by atoms with Crippen molar-refractivity contribution in [3.63, 3.8) is 0 Å². The number of unbranched alkanes of at least 4 members (excludes halogenated alkanes) is 9. The minimum absolute atomic E-state index is 1.24. The summed E-state index contributed by atoms with van der Waals surface area (Å²) in [5.74, 6) is 0. The third-order valence-electron chi connectivity index (χ3n) is 3.33. The topological polar surface area (TPSA) is 0 Å². The lowest BCUT2D eigenvalue weighted by Crippen LogP contribution is -1.84. The Morgan fingerprint density at radius 1 is 0.882 bits per heavy atom. The van der Waals surface area contributed by atoms with Crippen molar-refractivity contribution in [1.29, 1.82) is 0 Å². The van der Waals surface area contributed by atoms with Crippen LogP contribution in [0.1, 0.15) is 76.7 Å². The molecule has 0 saturated carbocycles. The van der Waals surface area contributed by atoms with E-state index in [1.165, 1.54) is 76.2 Å². The Labute approximate surface area is 111 Å². The highest BCUT2D eigenvalue weighted by Crippen LogP contribution is 2.13. The summed E-state index contributed by atoms with van der Waals surface area (Å²) < 4.78 is 0. The highest BCUT2D eigenvalue weighted by Gasteiger charge is 1.95. The van der Waals surface area contributed by atoms with Crippen LogP contribution < -0.4 is 0 Å². The molecule has 1 aromatic heterocycles. The molecule has 0 fully saturated rings. The number of aryl methyl sites for hydroxylation is 1. The Morgan fingerprint density at radius 2 is 1.47 bits per heavy atom. The van der Waals surface area contributed by atoms with E-state index in [-0.39, 0.29) is 0 Å². The van der Waals surface area contributed by atoms with Gasteiger partial charge in [0.2, 0.25) is 0 Å². The molecule has 1 heterocycles. The van der Waals surface area contributed by atoms with Crippen LogP contribution in [0.15, 0.2) is 11.4 Å². The van der Waals surface area contributed by atoms with Gasteiger partial charge in [0.15, 0.2) is 0 Å². The molecular formula is C16H27S. The van der Waals surface area contributed by atoms with Crippen LogP contribution in [0.5, 0.6) is 0 Å². The van der Waals surface area contributed by atoms with Gasteiger partial charge in [-0.05, 0) is 29.9 Å². The molecule has 1 heteroatoms. The lowest BCUT2D eigenvalue weighted by molar-refractivity contribution is 0.556. The predicted molar refractivity (Wildman–Crippen MR) is 78.7 cm³/mol. The second-order valence-electron chi connectivity index (χ2n) is 4.98. The molecule has 97 valence electrons. The van der Waals surface area contributed by atoms with Crippen molar-refractivity contribution in [1.82, 2.24) is 0 Å². The summed E-state index contributed by atoms with van der Waals surface area (Å²) in [6.45, 7) is 2.28. The van der Waals surface area contributed by atoms with E-state index in [0.717, 1.165) is 0 Å². The molecule has 0 aromatic carbocycles. The van der Waals surface area contributed by atoms with Crippen molar-refractivity contribution in [2.45, 2.75) is 77.6 Å². The van der Waals surface area contributed by atoms with E-state index in [1.54, 1.807) is 11.3 Å². The summed E-state index contributed by atoms with van der Waals surface area (Å²) in [6.07, 6.45) is 15.5. The maximum Gasteiger partial charge on any atom is 0.0477 e. The van der Waals surface area contributed by atoms with Gasteiger partial charge in [0, 0.05) is 5.38 Å². The molecule has 0 bridgehead atoms. The lowest BCUT2D eigenvalue weighted by atomic mass is 10.0. The van der Waals surface area contributed by atoms with Gasteiger partial charge in [0.25, 0.3) is 0 Å². The Hall–Kier alpha value is -0.300. The average molecular weight is 251 g/mol. The zero-order valence-corrected chi connectivity index (χ0v) is 12.2. The first-order valence-corrected chi connectivity index (χ1v) is 8.25. The van der Waals surface area contributed by atoms with Crippen LogP contribution in [0.3, 0.4) is 0 Å². The average Bonchev–Trinajstić information content (AvgIpc) is 2.85. The van der Waals surface area contributed by atoms with Crippen molar-refractivity contribution in [2.24, 2.45) is 0 Å². The maximum absolute atomic E-state index is 3.31. The maximum atomic E-state index is 3.31. The molecule has 0 aliphatic carbocycles. The molecule has 0 nitrogen and oxygen atoms in total. The van der Waals surface area contributed by atoms with Crippen molar-refractivity contribution < 1.29 is 0 Å². The standard InChI is InChI=1S/C16H27S/c1-2-3-4-5-6-7-8-9-10-11-12-16-13-14-17-15-16/h13-14H,2-12H2,1H3. The van der Waals surface area contributed by atoms with Crippen LogP contribution in [0.25, 0.3) is 0 Å². The summed E-state index contributed by atoms with van der Waals surface area (Å²) in [5, 5.41) is 5.44. The van der Waals surface area contributed by atoms with Gasteiger partial charge < -0.3 is 0 Å². The molecule has 0 aliphatic rings. The fraction of sp³-hybridized carbons (Fsp3) is 0.750. The van der Waals surface area contributed by atoms with E-state index in [9.17, 15) is 0 Å². The van der Waals surface area contributed by atoms with E-state index in [0.29, 0.717) is 0 Å². The van der Waals surface area contributed by atoms with Crippen LogP contribution in [-0.2, 0) is 6.42 Å². The Kier molecular flexibility index (Phi) is 9.40. The first-order valence-electron chi connectivity index (χ1n) is 7.37. The zero-order chi connectivity index (χ0) is 12.2. The molecule has 0 unspecified atom stereocenters.